The lowest BCUT2D eigenvalue weighted by molar-refractivity contribution is 0.0588. The Morgan fingerprint density at radius 3 is 2.50 bits per heavy atom. The summed E-state index contributed by atoms with van der Waals surface area (Å²) in [4.78, 5) is 0. The third-order valence-corrected chi connectivity index (χ3v) is 4.89. The molecule has 0 bridgehead atoms. The number of aliphatic hydroxyl groups is 1. The molecule has 0 aromatic heterocycles. The Bertz CT molecular complexity index is 452. The molecule has 88 valence electrons. The Labute approximate surface area is 96.0 Å². The highest BCUT2D eigenvalue weighted by Gasteiger charge is 2.39. The smallest absolute Gasteiger partial charge is 0.153 e. The summed E-state index contributed by atoms with van der Waals surface area (Å²) in [7, 11) is -3.01. The van der Waals surface area contributed by atoms with Gasteiger partial charge in [-0.05, 0) is 24.8 Å². The van der Waals surface area contributed by atoms with E-state index in [-0.39, 0.29) is 11.5 Å². The molecule has 1 unspecified atom stereocenters. The molecule has 1 heterocycles. The molecule has 0 saturated carbocycles. The highest BCUT2D eigenvalue weighted by molar-refractivity contribution is 7.91. The van der Waals surface area contributed by atoms with Crippen molar-refractivity contribution >= 4 is 9.84 Å². The predicted octanol–water partition coefficient (Wildman–Crippen LogP) is 1.17. The molecule has 1 atom stereocenters. The van der Waals surface area contributed by atoms with Gasteiger partial charge in [0.15, 0.2) is 9.84 Å². The summed E-state index contributed by atoms with van der Waals surface area (Å²) < 4.78 is 22.6. The Hall–Kier alpha value is -0.870. The molecule has 0 radical (unpaired) electrons. The summed E-state index contributed by atoms with van der Waals surface area (Å²) in [6.45, 7) is 0. The SMILES string of the molecule is O=S1(=O)CCC(O)(CCc2ccccc2)C1. The first-order valence-electron chi connectivity index (χ1n) is 5.46. The van der Waals surface area contributed by atoms with Gasteiger partial charge in [-0.3, -0.25) is 0 Å². The van der Waals surface area contributed by atoms with E-state index >= 15 is 0 Å². The van der Waals surface area contributed by atoms with Gasteiger partial charge in [0.05, 0.1) is 17.1 Å². The molecular formula is C12H16O3S. The number of sulfone groups is 1. The molecule has 3 nitrogen and oxygen atoms in total. The molecular weight excluding hydrogens is 224 g/mol. The van der Waals surface area contributed by atoms with Crippen molar-refractivity contribution in [3.8, 4) is 0 Å². The van der Waals surface area contributed by atoms with Crippen LogP contribution in [0.4, 0.5) is 0 Å². The van der Waals surface area contributed by atoms with Crippen molar-refractivity contribution in [1.82, 2.24) is 0 Å². The lowest BCUT2D eigenvalue weighted by Crippen LogP contribution is -2.30. The largest absolute Gasteiger partial charge is 0.389 e. The second-order valence-corrected chi connectivity index (χ2v) is 6.74. The van der Waals surface area contributed by atoms with E-state index in [1.165, 1.54) is 0 Å². The number of aryl methyl sites for hydroxylation is 1. The second-order valence-electron chi connectivity index (χ2n) is 4.55. The minimum absolute atomic E-state index is 0.0766. The summed E-state index contributed by atoms with van der Waals surface area (Å²) in [6.07, 6.45) is 1.63. The molecule has 1 fully saturated rings. The maximum absolute atomic E-state index is 11.3. The quantitative estimate of drug-likeness (QED) is 0.863. The van der Waals surface area contributed by atoms with Gasteiger partial charge >= 0.3 is 0 Å². The van der Waals surface area contributed by atoms with E-state index in [4.69, 9.17) is 0 Å². The molecule has 1 aliphatic heterocycles. The van der Waals surface area contributed by atoms with E-state index in [1.54, 1.807) is 0 Å². The van der Waals surface area contributed by atoms with Gasteiger partial charge in [0.2, 0.25) is 0 Å². The zero-order valence-corrected chi connectivity index (χ0v) is 9.91. The van der Waals surface area contributed by atoms with Crippen LogP contribution < -0.4 is 0 Å². The van der Waals surface area contributed by atoms with Gasteiger partial charge in [0.1, 0.15) is 0 Å². The van der Waals surface area contributed by atoms with Crippen LogP contribution >= 0.6 is 0 Å². The van der Waals surface area contributed by atoms with Crippen LogP contribution in [-0.4, -0.2) is 30.6 Å². The number of hydrogen-bond acceptors (Lipinski definition) is 3. The van der Waals surface area contributed by atoms with Gasteiger partial charge < -0.3 is 5.11 Å². The minimum atomic E-state index is -3.01. The van der Waals surface area contributed by atoms with Crippen LogP contribution in [-0.2, 0) is 16.3 Å². The zero-order chi connectivity index (χ0) is 11.6. The van der Waals surface area contributed by atoms with Crippen LogP contribution in [0.5, 0.6) is 0 Å². The van der Waals surface area contributed by atoms with Crippen LogP contribution in [0.2, 0.25) is 0 Å². The maximum atomic E-state index is 11.3. The first-order chi connectivity index (χ1) is 7.49. The van der Waals surface area contributed by atoms with Gasteiger partial charge in [-0.2, -0.15) is 0 Å². The molecule has 1 aromatic carbocycles. The summed E-state index contributed by atoms with van der Waals surface area (Å²) in [5.74, 6) is 0.0467. The Kier molecular flexibility index (Phi) is 3.04. The molecule has 4 heteroatoms. The van der Waals surface area contributed by atoms with Crippen LogP contribution in [0.1, 0.15) is 18.4 Å². The van der Waals surface area contributed by atoms with E-state index < -0.39 is 15.4 Å². The molecule has 0 amide bonds. The summed E-state index contributed by atoms with van der Waals surface area (Å²) in [5.41, 5.74) is 0.134. The molecule has 1 N–H and O–H groups in total. The number of rotatable bonds is 3. The Morgan fingerprint density at radius 2 is 1.94 bits per heavy atom. The Balaban J connectivity index is 1.96. The summed E-state index contributed by atoms with van der Waals surface area (Å²) in [5, 5.41) is 10.1. The number of benzene rings is 1. The van der Waals surface area contributed by atoms with E-state index in [9.17, 15) is 13.5 Å². The van der Waals surface area contributed by atoms with Crippen molar-refractivity contribution in [2.24, 2.45) is 0 Å². The van der Waals surface area contributed by atoms with Crippen molar-refractivity contribution < 1.29 is 13.5 Å². The molecule has 0 spiro atoms. The third-order valence-electron chi connectivity index (χ3n) is 3.09. The fourth-order valence-corrected chi connectivity index (χ4v) is 4.06. The lowest BCUT2D eigenvalue weighted by atomic mass is 9.94. The molecule has 0 aliphatic carbocycles. The van der Waals surface area contributed by atoms with Crippen molar-refractivity contribution in [1.29, 1.82) is 0 Å². The van der Waals surface area contributed by atoms with E-state index in [2.05, 4.69) is 0 Å². The predicted molar refractivity (Wildman–Crippen MR) is 63.0 cm³/mol. The van der Waals surface area contributed by atoms with Gasteiger partial charge in [-0.15, -0.1) is 0 Å². The minimum Gasteiger partial charge on any atom is -0.389 e. The highest BCUT2D eigenvalue weighted by atomic mass is 32.2. The average molecular weight is 240 g/mol. The van der Waals surface area contributed by atoms with E-state index in [0.717, 1.165) is 12.0 Å². The summed E-state index contributed by atoms with van der Waals surface area (Å²) >= 11 is 0. The highest BCUT2D eigenvalue weighted by Crippen LogP contribution is 2.27. The van der Waals surface area contributed by atoms with Crippen LogP contribution in [0.3, 0.4) is 0 Å². The van der Waals surface area contributed by atoms with Crippen molar-refractivity contribution in [3.63, 3.8) is 0 Å². The van der Waals surface area contributed by atoms with Crippen LogP contribution in [0.25, 0.3) is 0 Å². The fraction of sp³-hybridized carbons (Fsp3) is 0.500. The summed E-state index contributed by atoms with van der Waals surface area (Å²) in [6, 6.07) is 9.83. The van der Waals surface area contributed by atoms with Crippen molar-refractivity contribution in [2.75, 3.05) is 11.5 Å². The van der Waals surface area contributed by atoms with E-state index in [0.29, 0.717) is 12.8 Å². The lowest BCUT2D eigenvalue weighted by Gasteiger charge is -2.20. The van der Waals surface area contributed by atoms with Gasteiger partial charge in [-0.25, -0.2) is 8.42 Å². The molecule has 1 aliphatic rings. The average Bonchev–Trinajstić information content (AvgIpc) is 2.53. The monoisotopic (exact) mass is 240 g/mol. The van der Waals surface area contributed by atoms with Crippen molar-refractivity contribution in [3.05, 3.63) is 35.9 Å². The van der Waals surface area contributed by atoms with Gasteiger partial charge in [0.25, 0.3) is 0 Å². The van der Waals surface area contributed by atoms with E-state index in [1.807, 2.05) is 30.3 Å². The second kappa shape index (κ2) is 4.18. The molecule has 2 rings (SSSR count). The normalized spacial score (nSPS) is 28.1. The third kappa shape index (κ3) is 2.83. The topological polar surface area (TPSA) is 54.4 Å². The zero-order valence-electron chi connectivity index (χ0n) is 9.09. The molecule has 1 aromatic rings. The maximum Gasteiger partial charge on any atom is 0.153 e. The van der Waals surface area contributed by atoms with Gasteiger partial charge in [-0.1, -0.05) is 30.3 Å². The van der Waals surface area contributed by atoms with Crippen LogP contribution in [0.15, 0.2) is 30.3 Å². The van der Waals surface area contributed by atoms with Gasteiger partial charge in [0, 0.05) is 0 Å². The van der Waals surface area contributed by atoms with Crippen molar-refractivity contribution in [2.45, 2.75) is 24.9 Å². The Morgan fingerprint density at radius 1 is 1.25 bits per heavy atom. The standard InChI is InChI=1S/C12H16O3S/c13-12(8-9-16(14,15)10-12)7-6-11-4-2-1-3-5-11/h1-5,13H,6-10H2. The first kappa shape index (κ1) is 11.6. The molecule has 1 saturated heterocycles. The first-order valence-corrected chi connectivity index (χ1v) is 7.28. The fourth-order valence-electron chi connectivity index (χ4n) is 2.12. The van der Waals surface area contributed by atoms with Crippen LogP contribution in [0, 0.1) is 0 Å². The number of hydrogen-bond donors (Lipinski definition) is 1. The molecule has 16 heavy (non-hydrogen) atoms.